The molecule has 1 aromatic heterocycles. The van der Waals surface area contributed by atoms with Crippen molar-refractivity contribution in [1.82, 2.24) is 0 Å². The normalized spacial score (nSPS) is 12.8. The molecule has 0 atom stereocenters. The molecule has 0 aliphatic carbocycles. The minimum atomic E-state index is -1.08. The Morgan fingerprint density at radius 2 is 1.89 bits per heavy atom. The summed E-state index contributed by atoms with van der Waals surface area (Å²) >= 11 is 0. The second kappa shape index (κ2) is 7.26. The highest BCUT2D eigenvalue weighted by atomic mass is 16.6. The first-order valence-electron chi connectivity index (χ1n) is 8.91. The lowest BCUT2D eigenvalue weighted by Crippen LogP contribution is -2.15. The highest BCUT2D eigenvalue weighted by Crippen LogP contribution is 2.35. The van der Waals surface area contributed by atoms with Crippen LogP contribution in [0.2, 0.25) is 0 Å². The van der Waals surface area contributed by atoms with Crippen molar-refractivity contribution in [3.63, 3.8) is 0 Å². The van der Waals surface area contributed by atoms with Gasteiger partial charge in [0.2, 0.25) is 5.43 Å². The number of hydrogen-bond donors (Lipinski definition) is 1. The summed E-state index contributed by atoms with van der Waals surface area (Å²) in [4.78, 5) is 23.9. The molecule has 7 heteroatoms. The van der Waals surface area contributed by atoms with Crippen molar-refractivity contribution in [3.8, 4) is 28.4 Å². The van der Waals surface area contributed by atoms with Crippen LogP contribution in [0.15, 0.2) is 45.6 Å². The minimum Gasteiger partial charge on any atom is -0.486 e. The number of ether oxygens (including phenoxy) is 3. The molecule has 144 valence electrons. The molecule has 7 nitrogen and oxygen atoms in total. The maximum atomic E-state index is 13.2. The van der Waals surface area contributed by atoms with Crippen LogP contribution in [0.1, 0.15) is 12.7 Å². The molecule has 0 unspecified atom stereocenters. The van der Waals surface area contributed by atoms with Crippen LogP contribution in [0.5, 0.6) is 17.2 Å². The summed E-state index contributed by atoms with van der Waals surface area (Å²) in [6.07, 6.45) is 0.509. The van der Waals surface area contributed by atoms with Crippen LogP contribution in [0.4, 0.5) is 0 Å². The van der Waals surface area contributed by atoms with Gasteiger partial charge in [0.15, 0.2) is 18.1 Å². The number of hydrogen-bond acceptors (Lipinski definition) is 6. The van der Waals surface area contributed by atoms with Gasteiger partial charge in [0, 0.05) is 12.5 Å². The van der Waals surface area contributed by atoms with Crippen molar-refractivity contribution in [2.45, 2.75) is 13.3 Å². The van der Waals surface area contributed by atoms with E-state index >= 15 is 0 Å². The molecule has 1 aliphatic heterocycles. The standard InChI is InChI=1S/C21H18O7/c1-2-15-20(12-3-6-16-18(9-12)26-8-7-25-16)21(24)14-5-4-13(10-17(14)28-15)27-11-19(22)23/h3-6,9-10H,2,7-8,11H2,1H3,(H,22,23). The van der Waals surface area contributed by atoms with Crippen molar-refractivity contribution < 1.29 is 28.5 Å². The van der Waals surface area contributed by atoms with Crippen LogP contribution >= 0.6 is 0 Å². The third kappa shape index (κ3) is 3.26. The number of benzene rings is 2. The largest absolute Gasteiger partial charge is 0.486 e. The first kappa shape index (κ1) is 17.9. The quantitative estimate of drug-likeness (QED) is 0.724. The first-order valence-corrected chi connectivity index (χ1v) is 8.91. The summed E-state index contributed by atoms with van der Waals surface area (Å²) in [6.45, 7) is 2.39. The molecule has 4 rings (SSSR count). The summed E-state index contributed by atoms with van der Waals surface area (Å²) in [5, 5.41) is 9.14. The molecule has 0 spiro atoms. The number of fused-ring (bicyclic) bond motifs is 2. The topological polar surface area (TPSA) is 95.2 Å². The lowest BCUT2D eigenvalue weighted by Gasteiger charge is -2.19. The van der Waals surface area contributed by atoms with E-state index in [1.807, 2.05) is 13.0 Å². The molecule has 0 amide bonds. The molecule has 1 N–H and O–H groups in total. The van der Waals surface area contributed by atoms with Crippen LogP contribution in [-0.4, -0.2) is 30.9 Å². The highest BCUT2D eigenvalue weighted by Gasteiger charge is 2.19. The van der Waals surface area contributed by atoms with Crippen molar-refractivity contribution in [1.29, 1.82) is 0 Å². The van der Waals surface area contributed by atoms with Crippen LogP contribution in [0.25, 0.3) is 22.1 Å². The summed E-state index contributed by atoms with van der Waals surface area (Å²) in [7, 11) is 0. The Balaban J connectivity index is 1.82. The Morgan fingerprint density at radius 3 is 2.64 bits per heavy atom. The average Bonchev–Trinajstić information content (AvgIpc) is 2.71. The van der Waals surface area contributed by atoms with Crippen LogP contribution in [-0.2, 0) is 11.2 Å². The van der Waals surface area contributed by atoms with E-state index in [1.54, 1.807) is 24.3 Å². The fourth-order valence-corrected chi connectivity index (χ4v) is 3.19. The maximum Gasteiger partial charge on any atom is 0.341 e. The number of aryl methyl sites for hydroxylation is 1. The van der Waals surface area contributed by atoms with Gasteiger partial charge in [-0.25, -0.2) is 4.79 Å². The molecule has 0 saturated carbocycles. The van der Waals surface area contributed by atoms with Gasteiger partial charge >= 0.3 is 5.97 Å². The number of carboxylic acid groups (broad SMARTS) is 1. The van der Waals surface area contributed by atoms with E-state index in [1.165, 1.54) is 6.07 Å². The zero-order valence-corrected chi connectivity index (χ0v) is 15.2. The number of aliphatic carboxylic acids is 1. The lowest BCUT2D eigenvalue weighted by molar-refractivity contribution is -0.139. The van der Waals surface area contributed by atoms with E-state index in [4.69, 9.17) is 23.7 Å². The van der Waals surface area contributed by atoms with Gasteiger partial charge in [-0.2, -0.15) is 0 Å². The Kier molecular flexibility index (Phi) is 4.65. The molecule has 0 radical (unpaired) electrons. The molecule has 2 heterocycles. The van der Waals surface area contributed by atoms with Gasteiger partial charge in [0.05, 0.1) is 10.9 Å². The first-order chi connectivity index (χ1) is 13.6. The van der Waals surface area contributed by atoms with E-state index < -0.39 is 12.6 Å². The van der Waals surface area contributed by atoms with Gasteiger partial charge in [0.1, 0.15) is 30.3 Å². The lowest BCUT2D eigenvalue weighted by atomic mass is 10.0. The van der Waals surface area contributed by atoms with Gasteiger partial charge in [-0.05, 0) is 29.8 Å². The highest BCUT2D eigenvalue weighted by molar-refractivity contribution is 5.84. The molecule has 28 heavy (non-hydrogen) atoms. The van der Waals surface area contributed by atoms with Crippen LogP contribution in [0, 0.1) is 0 Å². The molecule has 2 aromatic carbocycles. The smallest absolute Gasteiger partial charge is 0.341 e. The van der Waals surface area contributed by atoms with E-state index in [0.29, 0.717) is 64.7 Å². The Bertz CT molecular complexity index is 1110. The molecule has 0 bridgehead atoms. The third-order valence-corrected chi connectivity index (χ3v) is 4.45. The molecule has 0 saturated heterocycles. The maximum absolute atomic E-state index is 13.2. The zero-order valence-electron chi connectivity index (χ0n) is 15.2. The SMILES string of the molecule is CCc1oc2cc(OCC(=O)O)ccc2c(=O)c1-c1ccc2c(c1)OCCO2. The Hall–Kier alpha value is -3.48. The monoisotopic (exact) mass is 382 g/mol. The third-order valence-electron chi connectivity index (χ3n) is 4.45. The van der Waals surface area contributed by atoms with Crippen molar-refractivity contribution >= 4 is 16.9 Å². The number of rotatable bonds is 5. The van der Waals surface area contributed by atoms with E-state index in [2.05, 4.69) is 0 Å². The minimum absolute atomic E-state index is 0.167. The molecule has 1 aliphatic rings. The van der Waals surface area contributed by atoms with E-state index in [9.17, 15) is 9.59 Å². The zero-order chi connectivity index (χ0) is 19.7. The van der Waals surface area contributed by atoms with Crippen molar-refractivity contribution in [2.75, 3.05) is 19.8 Å². The van der Waals surface area contributed by atoms with Gasteiger partial charge in [0.25, 0.3) is 0 Å². The predicted molar refractivity (Wildman–Crippen MR) is 101 cm³/mol. The second-order valence-corrected chi connectivity index (χ2v) is 6.28. The van der Waals surface area contributed by atoms with Crippen LogP contribution in [0.3, 0.4) is 0 Å². The molecular formula is C21H18O7. The van der Waals surface area contributed by atoms with Gasteiger partial charge in [-0.1, -0.05) is 13.0 Å². The summed E-state index contributed by atoms with van der Waals surface area (Å²) in [5.41, 5.74) is 1.36. The van der Waals surface area contributed by atoms with Gasteiger partial charge in [-0.3, -0.25) is 4.79 Å². The number of carboxylic acids is 1. The fraction of sp³-hybridized carbons (Fsp3) is 0.238. The Morgan fingerprint density at radius 1 is 1.11 bits per heavy atom. The van der Waals surface area contributed by atoms with E-state index in [0.717, 1.165) is 0 Å². The molecule has 3 aromatic rings. The summed E-state index contributed by atoms with van der Waals surface area (Å²) in [6, 6.07) is 10.1. The second-order valence-electron chi connectivity index (χ2n) is 6.28. The predicted octanol–water partition coefficient (Wildman–Crippen LogP) is 3.26. The van der Waals surface area contributed by atoms with Crippen molar-refractivity contribution in [3.05, 3.63) is 52.4 Å². The summed E-state index contributed by atoms with van der Waals surface area (Å²) < 4.78 is 22.3. The van der Waals surface area contributed by atoms with Gasteiger partial charge in [-0.15, -0.1) is 0 Å². The Labute approximate surface area is 160 Å². The molecular weight excluding hydrogens is 364 g/mol. The summed E-state index contributed by atoms with van der Waals surface area (Å²) in [5.74, 6) is 1.03. The molecule has 0 fully saturated rings. The average molecular weight is 382 g/mol. The number of carbonyl (C=O) groups is 1. The van der Waals surface area contributed by atoms with Crippen LogP contribution < -0.4 is 19.6 Å². The fourth-order valence-electron chi connectivity index (χ4n) is 3.19. The van der Waals surface area contributed by atoms with Gasteiger partial charge < -0.3 is 23.7 Å². The van der Waals surface area contributed by atoms with E-state index in [-0.39, 0.29) is 5.43 Å². The van der Waals surface area contributed by atoms with Crippen molar-refractivity contribution in [2.24, 2.45) is 0 Å².